The van der Waals surface area contributed by atoms with E-state index in [2.05, 4.69) is 106 Å². The quantitative estimate of drug-likeness (QED) is 0.0261. The van der Waals surface area contributed by atoms with E-state index in [1.54, 1.807) is 0 Å². The Kier molecular flexibility index (Phi) is 67.2. The molecule has 1 atom stereocenters. The second kappa shape index (κ2) is 70.1. The fourth-order valence-corrected chi connectivity index (χ4v) is 10.3. The molecule has 6 nitrogen and oxygen atoms in total. The first-order valence-electron chi connectivity index (χ1n) is 35.6. The normalized spacial score (nSPS) is 12.6. The van der Waals surface area contributed by atoms with Gasteiger partial charge in [-0.15, -0.1) is 0 Å². The smallest absolute Gasteiger partial charge is 0.306 e. The minimum Gasteiger partial charge on any atom is -0.462 e. The van der Waals surface area contributed by atoms with Crippen LogP contribution in [-0.2, 0) is 28.6 Å². The van der Waals surface area contributed by atoms with Crippen LogP contribution in [0.2, 0.25) is 0 Å². The molecule has 0 N–H and O–H groups in total. The minimum atomic E-state index is -0.775. The molecule has 0 saturated heterocycles. The molecule has 0 heterocycles. The molecule has 0 aliphatic carbocycles. The summed E-state index contributed by atoms with van der Waals surface area (Å²) in [4.78, 5) is 38.3. The zero-order chi connectivity index (χ0) is 59.2. The van der Waals surface area contributed by atoms with Gasteiger partial charge < -0.3 is 14.2 Å². The summed E-state index contributed by atoms with van der Waals surface area (Å²) in [5, 5.41) is 0. The Bertz CT molecular complexity index is 1550. The summed E-state index contributed by atoms with van der Waals surface area (Å²) in [7, 11) is 0. The summed E-state index contributed by atoms with van der Waals surface area (Å²) in [6, 6.07) is 0. The maximum Gasteiger partial charge on any atom is 0.306 e. The second-order valence-corrected chi connectivity index (χ2v) is 23.8. The molecule has 82 heavy (non-hydrogen) atoms. The topological polar surface area (TPSA) is 78.9 Å². The van der Waals surface area contributed by atoms with Crippen LogP contribution in [0.25, 0.3) is 0 Å². The van der Waals surface area contributed by atoms with E-state index < -0.39 is 6.10 Å². The molecular weight excluding hydrogens is 1010 g/mol. The predicted molar refractivity (Wildman–Crippen MR) is 358 cm³/mol. The molecule has 0 radical (unpaired) electrons. The Balaban J connectivity index is 4.10. The third-order valence-corrected chi connectivity index (χ3v) is 15.6. The first-order valence-corrected chi connectivity index (χ1v) is 35.6. The van der Waals surface area contributed by atoms with Gasteiger partial charge in [0.25, 0.3) is 0 Å². The van der Waals surface area contributed by atoms with E-state index in [0.29, 0.717) is 19.3 Å². The molecule has 0 aliphatic rings. The van der Waals surface area contributed by atoms with E-state index in [1.807, 2.05) is 0 Å². The highest BCUT2D eigenvalue weighted by Gasteiger charge is 2.19. The fraction of sp³-hybridized carbons (Fsp3) is 0.776. The van der Waals surface area contributed by atoms with Crippen molar-refractivity contribution in [3.05, 3.63) is 85.1 Å². The number of rotatable bonds is 65. The van der Waals surface area contributed by atoms with Crippen LogP contribution in [0.1, 0.15) is 361 Å². The molecule has 0 bridgehead atoms. The van der Waals surface area contributed by atoms with E-state index in [-0.39, 0.29) is 31.1 Å². The van der Waals surface area contributed by atoms with Crippen LogP contribution in [-0.4, -0.2) is 37.2 Å². The van der Waals surface area contributed by atoms with Gasteiger partial charge in [-0.1, -0.05) is 331 Å². The van der Waals surface area contributed by atoms with Crippen LogP contribution >= 0.6 is 0 Å². The highest BCUT2D eigenvalue weighted by Crippen LogP contribution is 2.18. The summed E-state index contributed by atoms with van der Waals surface area (Å²) in [5.41, 5.74) is 0. The Morgan fingerprint density at radius 3 is 0.744 bits per heavy atom. The third kappa shape index (κ3) is 67.4. The standard InChI is InChI=1S/C76H134O6/c1-4-7-10-13-16-19-21-23-25-27-29-31-33-35-37-38-40-41-43-45-47-49-51-53-55-57-60-63-66-69-75(78)81-72-73(71-80-74(77)68-65-62-59-18-15-12-9-6-3)82-76(79)70-67-64-61-58-56-54-52-50-48-46-44-42-39-36-34-32-30-28-26-24-22-20-17-14-11-8-5-2/h7,10,16,19,22-25,28-31,34,36,73H,4-6,8-9,11-15,17-18,20-21,26-27,32-33,35,37-72H2,1-3H3/b10-7-,19-16-,24-22-,25-23-,30-28-,31-29-,36-34-. The number of carbonyl (C=O) groups excluding carboxylic acids is 3. The average molecular weight is 1140 g/mol. The fourth-order valence-electron chi connectivity index (χ4n) is 10.3. The average Bonchev–Trinajstić information content (AvgIpc) is 3.47. The van der Waals surface area contributed by atoms with Crippen molar-refractivity contribution >= 4 is 17.9 Å². The van der Waals surface area contributed by atoms with Gasteiger partial charge in [-0.3, -0.25) is 14.4 Å². The van der Waals surface area contributed by atoms with Crippen LogP contribution in [0.4, 0.5) is 0 Å². The highest BCUT2D eigenvalue weighted by atomic mass is 16.6. The van der Waals surface area contributed by atoms with Crippen LogP contribution in [0.3, 0.4) is 0 Å². The molecule has 0 aliphatic heterocycles. The van der Waals surface area contributed by atoms with E-state index in [9.17, 15) is 14.4 Å². The Hall–Kier alpha value is -3.41. The van der Waals surface area contributed by atoms with Crippen molar-refractivity contribution in [1.82, 2.24) is 0 Å². The van der Waals surface area contributed by atoms with E-state index in [0.717, 1.165) is 96.3 Å². The van der Waals surface area contributed by atoms with Crippen molar-refractivity contribution in [2.45, 2.75) is 367 Å². The molecule has 0 aromatic heterocycles. The van der Waals surface area contributed by atoms with Gasteiger partial charge in [0, 0.05) is 19.3 Å². The molecule has 0 saturated carbocycles. The number of carbonyl (C=O) groups is 3. The summed E-state index contributed by atoms with van der Waals surface area (Å²) < 4.78 is 16.9. The van der Waals surface area contributed by atoms with Crippen molar-refractivity contribution in [2.24, 2.45) is 0 Å². The Labute approximate surface area is 509 Å². The van der Waals surface area contributed by atoms with Crippen molar-refractivity contribution in [3.63, 3.8) is 0 Å². The lowest BCUT2D eigenvalue weighted by Crippen LogP contribution is -2.30. The molecule has 474 valence electrons. The lowest BCUT2D eigenvalue weighted by molar-refractivity contribution is -0.167. The number of unbranched alkanes of at least 4 members (excludes halogenated alkanes) is 40. The van der Waals surface area contributed by atoms with Gasteiger partial charge in [0.2, 0.25) is 0 Å². The summed E-state index contributed by atoms with van der Waals surface area (Å²) in [5.74, 6) is -0.861. The van der Waals surface area contributed by atoms with Gasteiger partial charge >= 0.3 is 17.9 Å². The molecule has 0 aromatic carbocycles. The van der Waals surface area contributed by atoms with Gasteiger partial charge in [0.05, 0.1) is 0 Å². The number of hydrogen-bond donors (Lipinski definition) is 0. The van der Waals surface area contributed by atoms with Gasteiger partial charge in [-0.2, -0.15) is 0 Å². The summed E-state index contributed by atoms with van der Waals surface area (Å²) in [6.07, 6.45) is 93.5. The molecule has 0 rings (SSSR count). The van der Waals surface area contributed by atoms with Gasteiger partial charge in [0.15, 0.2) is 6.10 Å². The van der Waals surface area contributed by atoms with Crippen LogP contribution in [0.5, 0.6) is 0 Å². The molecule has 1 unspecified atom stereocenters. The van der Waals surface area contributed by atoms with E-state index in [1.165, 1.54) is 225 Å². The molecular formula is C76H134O6. The Morgan fingerprint density at radius 1 is 0.256 bits per heavy atom. The van der Waals surface area contributed by atoms with Gasteiger partial charge in [0.1, 0.15) is 13.2 Å². The molecule has 0 amide bonds. The molecule has 0 aromatic rings. The predicted octanol–water partition coefficient (Wildman–Crippen LogP) is 24.6. The lowest BCUT2D eigenvalue weighted by Gasteiger charge is -2.18. The largest absolute Gasteiger partial charge is 0.462 e. The SMILES string of the molecule is CC/C=C\C/C=C\C/C=C\C/C=C\CCCCCCCCCCCCCCCCCCC(=O)OCC(COC(=O)CCCCCCCCCC)OC(=O)CCCCCCCCCCCCCC/C=C\C/C=C\C/C=C\CCCCCCC. The maximum atomic E-state index is 12.9. The van der Waals surface area contributed by atoms with E-state index in [4.69, 9.17) is 14.2 Å². The lowest BCUT2D eigenvalue weighted by atomic mass is 10.0. The minimum absolute atomic E-state index is 0.0726. The van der Waals surface area contributed by atoms with Gasteiger partial charge in [-0.05, 0) is 96.3 Å². The first kappa shape index (κ1) is 78.6. The zero-order valence-electron chi connectivity index (χ0n) is 54.5. The van der Waals surface area contributed by atoms with Crippen LogP contribution in [0.15, 0.2) is 85.1 Å². The van der Waals surface area contributed by atoms with Crippen LogP contribution < -0.4 is 0 Å². The Morgan fingerprint density at radius 2 is 0.476 bits per heavy atom. The number of hydrogen-bond acceptors (Lipinski definition) is 6. The third-order valence-electron chi connectivity index (χ3n) is 15.6. The number of allylic oxidation sites excluding steroid dienone is 14. The number of esters is 3. The molecule has 0 fully saturated rings. The highest BCUT2D eigenvalue weighted by molar-refractivity contribution is 5.71. The van der Waals surface area contributed by atoms with Crippen LogP contribution in [0, 0.1) is 0 Å². The zero-order valence-corrected chi connectivity index (χ0v) is 54.5. The van der Waals surface area contributed by atoms with E-state index >= 15 is 0 Å². The first-order chi connectivity index (χ1) is 40.5. The maximum absolute atomic E-state index is 12.9. The monoisotopic (exact) mass is 1140 g/mol. The number of ether oxygens (including phenoxy) is 3. The summed E-state index contributed by atoms with van der Waals surface area (Å²) in [6.45, 7) is 6.53. The van der Waals surface area contributed by atoms with Crippen molar-refractivity contribution in [2.75, 3.05) is 13.2 Å². The van der Waals surface area contributed by atoms with Crippen molar-refractivity contribution in [1.29, 1.82) is 0 Å². The molecule has 6 heteroatoms. The van der Waals surface area contributed by atoms with Crippen molar-refractivity contribution < 1.29 is 28.6 Å². The summed E-state index contributed by atoms with van der Waals surface area (Å²) >= 11 is 0. The molecule has 0 spiro atoms. The second-order valence-electron chi connectivity index (χ2n) is 23.8. The van der Waals surface area contributed by atoms with Crippen molar-refractivity contribution in [3.8, 4) is 0 Å². The van der Waals surface area contributed by atoms with Gasteiger partial charge in [-0.25, -0.2) is 0 Å².